The van der Waals surface area contributed by atoms with Crippen LogP contribution in [-0.2, 0) is 0 Å². The summed E-state index contributed by atoms with van der Waals surface area (Å²) in [6.07, 6.45) is 0. The number of methoxy groups -OCH3 is 1. The van der Waals surface area contributed by atoms with Crippen molar-refractivity contribution >= 4 is 21.6 Å². The van der Waals surface area contributed by atoms with Crippen molar-refractivity contribution in [1.82, 2.24) is 0 Å². The van der Waals surface area contributed by atoms with Crippen LogP contribution >= 0.6 is 15.9 Å². The highest BCUT2D eigenvalue weighted by molar-refractivity contribution is 9.10. The van der Waals surface area contributed by atoms with Crippen LogP contribution in [0.5, 0.6) is 17.2 Å². The van der Waals surface area contributed by atoms with E-state index in [0.717, 1.165) is 5.75 Å². The lowest BCUT2D eigenvalue weighted by molar-refractivity contribution is 0.217. The molecule has 0 atom stereocenters. The first-order valence-corrected chi connectivity index (χ1v) is 7.03. The molecule has 0 amide bonds. The number of anilines is 1. The highest BCUT2D eigenvalue weighted by Gasteiger charge is 2.08. The topological polar surface area (TPSA) is 53.7 Å². The fourth-order valence-electron chi connectivity index (χ4n) is 1.71. The van der Waals surface area contributed by atoms with Crippen molar-refractivity contribution in [1.29, 1.82) is 0 Å². The van der Waals surface area contributed by atoms with Gasteiger partial charge in [-0.3, -0.25) is 0 Å². The molecule has 0 unspecified atom stereocenters. The smallest absolute Gasteiger partial charge is 0.156 e. The van der Waals surface area contributed by atoms with Gasteiger partial charge in [-0.1, -0.05) is 0 Å². The van der Waals surface area contributed by atoms with Crippen molar-refractivity contribution in [3.05, 3.63) is 46.7 Å². The molecule has 0 spiro atoms. The highest BCUT2D eigenvalue weighted by atomic mass is 79.9. The van der Waals surface area contributed by atoms with Crippen molar-refractivity contribution < 1.29 is 18.6 Å². The second kappa shape index (κ2) is 7.17. The minimum absolute atomic E-state index is 0.242. The quantitative estimate of drug-likeness (QED) is 0.634. The lowest BCUT2D eigenvalue weighted by atomic mass is 10.3. The molecule has 0 radical (unpaired) electrons. The lowest BCUT2D eigenvalue weighted by Gasteiger charge is -2.12. The lowest BCUT2D eigenvalue weighted by Crippen LogP contribution is -2.10. The summed E-state index contributed by atoms with van der Waals surface area (Å²) in [7, 11) is 1.61. The molecule has 0 aliphatic carbocycles. The first-order chi connectivity index (χ1) is 10.1. The van der Waals surface area contributed by atoms with Gasteiger partial charge in [0, 0.05) is 6.07 Å². The fraction of sp³-hybridized carbons (Fsp3) is 0.200. The van der Waals surface area contributed by atoms with Gasteiger partial charge >= 0.3 is 0 Å². The molecule has 112 valence electrons. The molecule has 21 heavy (non-hydrogen) atoms. The van der Waals surface area contributed by atoms with Crippen molar-refractivity contribution in [2.24, 2.45) is 0 Å². The molecular formula is C15H15BrFNO3. The molecule has 0 aliphatic rings. The van der Waals surface area contributed by atoms with E-state index >= 15 is 0 Å². The zero-order valence-corrected chi connectivity index (χ0v) is 13.0. The van der Waals surface area contributed by atoms with Gasteiger partial charge in [-0.05, 0) is 46.3 Å². The fourth-order valence-corrected chi connectivity index (χ4v) is 2.27. The van der Waals surface area contributed by atoms with Gasteiger partial charge in [-0.15, -0.1) is 0 Å². The second-order valence-corrected chi connectivity index (χ2v) is 5.03. The summed E-state index contributed by atoms with van der Waals surface area (Å²) in [6, 6.07) is 9.75. The van der Waals surface area contributed by atoms with E-state index in [2.05, 4.69) is 15.9 Å². The van der Waals surface area contributed by atoms with Gasteiger partial charge in [0.05, 0.1) is 17.3 Å². The maximum absolute atomic E-state index is 13.1. The van der Waals surface area contributed by atoms with E-state index in [1.807, 2.05) is 12.1 Å². The molecular weight excluding hydrogens is 341 g/mol. The standard InChI is InChI=1S/C15H15BrFNO3/c1-19-11-2-4-12(5-3-11)20-6-7-21-15-13(16)8-10(17)9-14(15)18/h2-5,8-9H,6-7,18H2,1H3. The molecule has 2 aromatic carbocycles. The highest BCUT2D eigenvalue weighted by Crippen LogP contribution is 2.32. The van der Waals surface area contributed by atoms with Gasteiger partial charge in [0.15, 0.2) is 5.75 Å². The molecule has 0 saturated carbocycles. The molecule has 0 saturated heterocycles. The summed E-state index contributed by atoms with van der Waals surface area (Å²) in [5.74, 6) is 1.48. The van der Waals surface area contributed by atoms with Gasteiger partial charge in [0.2, 0.25) is 0 Å². The van der Waals surface area contributed by atoms with Crippen LogP contribution in [0.1, 0.15) is 0 Å². The zero-order chi connectivity index (χ0) is 15.2. The number of nitrogen functional groups attached to an aromatic ring is 1. The molecule has 0 heterocycles. The number of benzene rings is 2. The number of halogens is 2. The van der Waals surface area contributed by atoms with Crippen LogP contribution in [0.3, 0.4) is 0 Å². The Morgan fingerprint density at radius 2 is 1.67 bits per heavy atom. The van der Waals surface area contributed by atoms with Crippen LogP contribution in [0.4, 0.5) is 10.1 Å². The van der Waals surface area contributed by atoms with E-state index in [4.69, 9.17) is 19.9 Å². The third kappa shape index (κ3) is 4.26. The monoisotopic (exact) mass is 355 g/mol. The SMILES string of the molecule is COc1ccc(OCCOc2c(N)cc(F)cc2Br)cc1. The summed E-state index contributed by atoms with van der Waals surface area (Å²) in [5.41, 5.74) is 5.94. The zero-order valence-electron chi connectivity index (χ0n) is 11.4. The van der Waals surface area contributed by atoms with Crippen LogP contribution < -0.4 is 19.9 Å². The van der Waals surface area contributed by atoms with Crippen LogP contribution in [-0.4, -0.2) is 20.3 Å². The Morgan fingerprint density at radius 1 is 1.05 bits per heavy atom. The van der Waals surface area contributed by atoms with Crippen molar-refractivity contribution in [3.63, 3.8) is 0 Å². The minimum Gasteiger partial charge on any atom is -0.497 e. The average Bonchev–Trinajstić information content (AvgIpc) is 2.46. The molecule has 2 rings (SSSR count). The molecule has 6 heteroatoms. The van der Waals surface area contributed by atoms with Crippen LogP contribution in [0.25, 0.3) is 0 Å². The van der Waals surface area contributed by atoms with E-state index in [1.54, 1.807) is 19.2 Å². The number of ether oxygens (including phenoxy) is 3. The molecule has 0 bridgehead atoms. The van der Waals surface area contributed by atoms with Gasteiger partial charge in [0.1, 0.15) is 30.5 Å². The Bertz CT molecular complexity index is 581. The maximum atomic E-state index is 13.1. The normalized spacial score (nSPS) is 10.2. The third-order valence-electron chi connectivity index (χ3n) is 2.70. The van der Waals surface area contributed by atoms with E-state index in [1.165, 1.54) is 12.1 Å². The summed E-state index contributed by atoms with van der Waals surface area (Å²) in [5, 5.41) is 0. The van der Waals surface area contributed by atoms with E-state index in [9.17, 15) is 4.39 Å². The average molecular weight is 356 g/mol. The molecule has 0 fully saturated rings. The third-order valence-corrected chi connectivity index (χ3v) is 3.28. The Kier molecular flexibility index (Phi) is 5.27. The van der Waals surface area contributed by atoms with Crippen LogP contribution in [0.2, 0.25) is 0 Å². The van der Waals surface area contributed by atoms with E-state index in [0.29, 0.717) is 29.2 Å². The minimum atomic E-state index is -0.416. The number of nitrogens with two attached hydrogens (primary N) is 1. The van der Waals surface area contributed by atoms with Gasteiger partial charge in [0.25, 0.3) is 0 Å². The summed E-state index contributed by atoms with van der Waals surface area (Å²) in [4.78, 5) is 0. The summed E-state index contributed by atoms with van der Waals surface area (Å²) >= 11 is 3.21. The Labute approximate surface area is 130 Å². The Balaban J connectivity index is 1.84. The maximum Gasteiger partial charge on any atom is 0.156 e. The summed E-state index contributed by atoms with van der Waals surface area (Å²) in [6.45, 7) is 0.635. The van der Waals surface area contributed by atoms with Gasteiger partial charge in [-0.25, -0.2) is 4.39 Å². The first kappa shape index (κ1) is 15.4. The van der Waals surface area contributed by atoms with Crippen molar-refractivity contribution in [2.75, 3.05) is 26.1 Å². The van der Waals surface area contributed by atoms with Crippen LogP contribution in [0, 0.1) is 5.82 Å². The first-order valence-electron chi connectivity index (χ1n) is 6.24. The predicted octanol–water partition coefficient (Wildman–Crippen LogP) is 3.64. The van der Waals surface area contributed by atoms with Gasteiger partial charge < -0.3 is 19.9 Å². The largest absolute Gasteiger partial charge is 0.497 e. The molecule has 4 nitrogen and oxygen atoms in total. The number of hydrogen-bond acceptors (Lipinski definition) is 4. The van der Waals surface area contributed by atoms with Crippen molar-refractivity contribution in [3.8, 4) is 17.2 Å². The number of rotatable bonds is 6. The molecule has 0 aliphatic heterocycles. The van der Waals surface area contributed by atoms with E-state index in [-0.39, 0.29) is 5.69 Å². The Morgan fingerprint density at radius 3 is 2.29 bits per heavy atom. The molecule has 2 N–H and O–H groups in total. The summed E-state index contributed by atoms with van der Waals surface area (Å²) < 4.78 is 29.6. The molecule has 0 aromatic heterocycles. The molecule has 2 aromatic rings. The Hall–Kier alpha value is -1.95. The van der Waals surface area contributed by atoms with Crippen molar-refractivity contribution in [2.45, 2.75) is 0 Å². The second-order valence-electron chi connectivity index (χ2n) is 4.18. The predicted molar refractivity (Wildman–Crippen MR) is 82.5 cm³/mol. The van der Waals surface area contributed by atoms with E-state index < -0.39 is 5.82 Å². The van der Waals surface area contributed by atoms with Gasteiger partial charge in [-0.2, -0.15) is 0 Å². The van der Waals surface area contributed by atoms with Crippen LogP contribution in [0.15, 0.2) is 40.9 Å². The number of hydrogen-bond donors (Lipinski definition) is 1.